The Hall–Kier alpha value is -2.15. The molecule has 1 aliphatic carbocycles. The van der Waals surface area contributed by atoms with Crippen molar-refractivity contribution in [2.75, 3.05) is 0 Å². The number of hydrogen-bond acceptors (Lipinski definition) is 3. The Morgan fingerprint density at radius 3 is 2.58 bits per heavy atom. The zero-order valence-electron chi connectivity index (χ0n) is 12.9. The minimum Gasteiger partial charge on any atom is -0.246 e. The maximum atomic E-state index is 13.4. The van der Waals surface area contributed by atoms with E-state index in [-0.39, 0.29) is 16.9 Å². The Bertz CT molecular complexity index is 970. The lowest BCUT2D eigenvalue weighted by molar-refractivity contribution is 0.128. The van der Waals surface area contributed by atoms with E-state index >= 15 is 0 Å². The number of nitrogens with one attached hydrogen (secondary N) is 1. The van der Waals surface area contributed by atoms with E-state index in [9.17, 15) is 13.6 Å². The van der Waals surface area contributed by atoms with Crippen LogP contribution in [0.3, 0.4) is 0 Å². The average Bonchev–Trinajstić information content (AvgIpc) is 3.31. The Labute approximate surface area is 140 Å². The molecule has 2 aromatic carbocycles. The third-order valence-corrected chi connectivity index (χ3v) is 4.92. The summed E-state index contributed by atoms with van der Waals surface area (Å²) in [5.74, 6) is 0.554. The molecular formula is C17H15F2N3OS. The largest absolute Gasteiger partial charge is 0.348 e. The summed E-state index contributed by atoms with van der Waals surface area (Å²) in [6.07, 6.45) is 2.33. The van der Waals surface area contributed by atoms with Crippen molar-refractivity contribution in [1.29, 1.82) is 0 Å². The van der Waals surface area contributed by atoms with E-state index in [1.165, 1.54) is 10.1 Å². The highest BCUT2D eigenvalue weighted by Gasteiger charge is 2.29. The number of halogens is 2. The van der Waals surface area contributed by atoms with Gasteiger partial charge in [0.25, 0.3) is 5.25 Å². The minimum atomic E-state index is -3.02. The zero-order chi connectivity index (χ0) is 16.9. The molecule has 0 unspecified atom stereocenters. The number of hydrogen-bond donors (Lipinski definition) is 1. The molecular weight excluding hydrogens is 332 g/mol. The van der Waals surface area contributed by atoms with Crippen LogP contribution >= 0.6 is 11.8 Å². The second-order valence-corrected chi connectivity index (χ2v) is 7.34. The molecule has 1 N–H and O–H groups in total. The van der Waals surface area contributed by atoms with Crippen molar-refractivity contribution >= 4 is 22.5 Å². The molecule has 0 saturated heterocycles. The molecule has 1 fully saturated rings. The van der Waals surface area contributed by atoms with Crippen LogP contribution in [0.4, 0.5) is 8.78 Å². The maximum Gasteiger partial charge on any atom is 0.348 e. The molecule has 0 spiro atoms. The second-order valence-electron chi connectivity index (χ2n) is 6.05. The number of aromatic amines is 1. The van der Waals surface area contributed by atoms with E-state index in [1.807, 2.05) is 36.4 Å². The number of aromatic nitrogens is 3. The number of benzene rings is 2. The fraction of sp³-hybridized carbons (Fsp3) is 0.294. The van der Waals surface area contributed by atoms with Crippen LogP contribution < -0.4 is 5.69 Å². The standard InChI is InChI=1S/C17H15F2N3OS/c1-17(18,19)24-16-21-20-15(23)22(16)14-9-8-11(10-6-7-10)12-4-2-3-5-13(12)14/h2-5,8-10H,6-7H2,1H3,(H,20,23). The Kier molecular flexibility index (Phi) is 3.49. The zero-order valence-corrected chi connectivity index (χ0v) is 13.7. The molecule has 7 heteroatoms. The molecule has 0 aliphatic heterocycles. The molecule has 3 aromatic rings. The lowest BCUT2D eigenvalue weighted by Crippen LogP contribution is -2.17. The van der Waals surface area contributed by atoms with Gasteiger partial charge in [-0.25, -0.2) is 14.5 Å². The van der Waals surface area contributed by atoms with Crippen molar-refractivity contribution < 1.29 is 8.78 Å². The minimum absolute atomic E-state index is 0.0446. The topological polar surface area (TPSA) is 50.7 Å². The van der Waals surface area contributed by atoms with E-state index in [0.717, 1.165) is 30.5 Å². The molecule has 0 amide bonds. The number of rotatable bonds is 4. The SMILES string of the molecule is CC(F)(F)Sc1n[nH]c(=O)n1-c1ccc(C2CC2)c2ccccc12. The van der Waals surface area contributed by atoms with Gasteiger partial charge in [-0.3, -0.25) is 0 Å². The Morgan fingerprint density at radius 2 is 1.92 bits per heavy atom. The third kappa shape index (κ3) is 2.73. The number of nitrogens with zero attached hydrogens (tertiary/aromatic N) is 2. The van der Waals surface area contributed by atoms with Crippen LogP contribution in [0.5, 0.6) is 0 Å². The van der Waals surface area contributed by atoms with Crippen molar-refractivity contribution in [2.24, 2.45) is 0 Å². The van der Waals surface area contributed by atoms with Gasteiger partial charge < -0.3 is 0 Å². The van der Waals surface area contributed by atoms with E-state index in [1.54, 1.807) is 0 Å². The summed E-state index contributed by atoms with van der Waals surface area (Å²) in [7, 11) is 0. The predicted octanol–water partition coefficient (Wildman–Crippen LogP) is 4.30. The summed E-state index contributed by atoms with van der Waals surface area (Å²) in [5.41, 5.74) is 1.30. The molecule has 4 nitrogen and oxygen atoms in total. The molecule has 1 heterocycles. The van der Waals surface area contributed by atoms with Crippen LogP contribution in [0.2, 0.25) is 0 Å². The van der Waals surface area contributed by atoms with Crippen LogP contribution in [0.1, 0.15) is 31.2 Å². The number of thioether (sulfide) groups is 1. The molecule has 1 aliphatic rings. The van der Waals surface area contributed by atoms with E-state index in [0.29, 0.717) is 11.6 Å². The third-order valence-electron chi connectivity index (χ3n) is 4.10. The number of fused-ring (bicyclic) bond motifs is 1. The van der Waals surface area contributed by atoms with Crippen molar-refractivity contribution in [3.8, 4) is 5.69 Å². The van der Waals surface area contributed by atoms with Gasteiger partial charge in [-0.05, 0) is 47.5 Å². The molecule has 1 saturated carbocycles. The first kappa shape index (κ1) is 15.4. The summed E-state index contributed by atoms with van der Waals surface area (Å²) in [4.78, 5) is 12.2. The van der Waals surface area contributed by atoms with Crippen LogP contribution in [0.15, 0.2) is 46.3 Å². The monoisotopic (exact) mass is 347 g/mol. The maximum absolute atomic E-state index is 13.4. The predicted molar refractivity (Wildman–Crippen MR) is 90.1 cm³/mol. The summed E-state index contributed by atoms with van der Waals surface area (Å²) < 4.78 is 28.0. The van der Waals surface area contributed by atoms with Gasteiger partial charge in [0.15, 0.2) is 0 Å². The van der Waals surface area contributed by atoms with Crippen LogP contribution in [0, 0.1) is 0 Å². The Balaban J connectivity index is 1.94. The van der Waals surface area contributed by atoms with E-state index in [2.05, 4.69) is 10.2 Å². The van der Waals surface area contributed by atoms with Gasteiger partial charge in [-0.15, -0.1) is 5.10 Å². The quantitative estimate of drug-likeness (QED) is 0.716. The number of alkyl halides is 2. The summed E-state index contributed by atoms with van der Waals surface area (Å²) >= 11 is 0.262. The molecule has 1 aromatic heterocycles. The molecule has 24 heavy (non-hydrogen) atoms. The first-order valence-electron chi connectivity index (χ1n) is 7.70. The van der Waals surface area contributed by atoms with Crippen molar-refractivity contribution in [1.82, 2.24) is 14.8 Å². The molecule has 0 radical (unpaired) electrons. The summed E-state index contributed by atoms with van der Waals surface area (Å²) in [5, 5.41) is 4.90. The van der Waals surface area contributed by atoms with Gasteiger partial charge in [0, 0.05) is 12.3 Å². The van der Waals surface area contributed by atoms with Crippen molar-refractivity contribution in [2.45, 2.75) is 36.1 Å². The van der Waals surface area contributed by atoms with Gasteiger partial charge in [0.2, 0.25) is 5.16 Å². The first-order valence-corrected chi connectivity index (χ1v) is 8.52. The van der Waals surface area contributed by atoms with Crippen LogP contribution in [-0.4, -0.2) is 20.0 Å². The molecule has 4 rings (SSSR count). The normalized spacial score (nSPS) is 15.1. The van der Waals surface area contributed by atoms with Crippen molar-refractivity contribution in [3.63, 3.8) is 0 Å². The lowest BCUT2D eigenvalue weighted by atomic mass is 9.99. The van der Waals surface area contributed by atoms with Gasteiger partial charge in [-0.1, -0.05) is 30.3 Å². The van der Waals surface area contributed by atoms with Crippen LogP contribution in [-0.2, 0) is 0 Å². The van der Waals surface area contributed by atoms with E-state index in [4.69, 9.17) is 0 Å². The van der Waals surface area contributed by atoms with Gasteiger partial charge in [0.05, 0.1) is 5.69 Å². The fourth-order valence-electron chi connectivity index (χ4n) is 2.98. The highest BCUT2D eigenvalue weighted by atomic mass is 32.2. The average molecular weight is 347 g/mol. The number of H-pyrrole nitrogens is 1. The van der Waals surface area contributed by atoms with Gasteiger partial charge in [-0.2, -0.15) is 8.78 Å². The van der Waals surface area contributed by atoms with Crippen LogP contribution in [0.25, 0.3) is 16.5 Å². The summed E-state index contributed by atoms with van der Waals surface area (Å²) in [6.45, 7) is 0.787. The smallest absolute Gasteiger partial charge is 0.246 e. The highest BCUT2D eigenvalue weighted by Crippen LogP contribution is 2.44. The lowest BCUT2D eigenvalue weighted by Gasteiger charge is -2.14. The molecule has 124 valence electrons. The van der Waals surface area contributed by atoms with Gasteiger partial charge in [0.1, 0.15) is 0 Å². The second kappa shape index (κ2) is 5.44. The first-order chi connectivity index (χ1) is 11.4. The van der Waals surface area contributed by atoms with Gasteiger partial charge >= 0.3 is 5.69 Å². The van der Waals surface area contributed by atoms with E-state index < -0.39 is 10.9 Å². The fourth-order valence-corrected chi connectivity index (χ4v) is 3.66. The molecule has 0 bridgehead atoms. The summed E-state index contributed by atoms with van der Waals surface area (Å²) in [6, 6.07) is 11.6. The molecule has 0 atom stereocenters. The Morgan fingerprint density at radius 1 is 1.21 bits per heavy atom. The van der Waals surface area contributed by atoms with Crippen molar-refractivity contribution in [3.05, 3.63) is 52.4 Å². The highest BCUT2D eigenvalue weighted by molar-refractivity contribution is 8.00.